The highest BCUT2D eigenvalue weighted by atomic mass is 19.4. The van der Waals surface area contributed by atoms with Crippen LogP contribution < -0.4 is 10.9 Å². The Kier molecular flexibility index (Phi) is 4.30. The lowest BCUT2D eigenvalue weighted by Crippen LogP contribution is -2.39. The zero-order chi connectivity index (χ0) is 16.4. The van der Waals surface area contributed by atoms with Crippen LogP contribution in [-0.4, -0.2) is 17.7 Å². The van der Waals surface area contributed by atoms with E-state index in [4.69, 9.17) is 4.52 Å². The zero-order valence-electron chi connectivity index (χ0n) is 12.3. The SMILES string of the molecule is O=c1cc([C@H]2CCN[C@@H](Cc3ccccc3C(F)(F)F)C2)o[nH]1. The molecule has 1 aliphatic heterocycles. The summed E-state index contributed by atoms with van der Waals surface area (Å²) in [6, 6.07) is 6.98. The van der Waals surface area contributed by atoms with Gasteiger partial charge in [-0.2, -0.15) is 18.3 Å². The third kappa shape index (κ3) is 3.67. The number of hydrogen-bond donors (Lipinski definition) is 2. The van der Waals surface area contributed by atoms with Crippen molar-refractivity contribution in [1.29, 1.82) is 0 Å². The van der Waals surface area contributed by atoms with E-state index in [1.54, 1.807) is 6.07 Å². The van der Waals surface area contributed by atoms with Gasteiger partial charge in [-0.1, -0.05) is 18.2 Å². The minimum Gasteiger partial charge on any atom is -0.383 e. The van der Waals surface area contributed by atoms with Gasteiger partial charge >= 0.3 is 6.18 Å². The van der Waals surface area contributed by atoms with Gasteiger partial charge in [-0.3, -0.25) is 4.79 Å². The largest absolute Gasteiger partial charge is 0.416 e. The van der Waals surface area contributed by atoms with Crippen molar-refractivity contribution in [2.24, 2.45) is 0 Å². The Labute approximate surface area is 130 Å². The number of piperidine rings is 1. The molecule has 0 amide bonds. The van der Waals surface area contributed by atoms with Crippen LogP contribution in [0.25, 0.3) is 0 Å². The maximum Gasteiger partial charge on any atom is 0.416 e. The van der Waals surface area contributed by atoms with Crippen LogP contribution in [0.3, 0.4) is 0 Å². The van der Waals surface area contributed by atoms with Gasteiger partial charge in [0, 0.05) is 18.0 Å². The molecule has 2 aromatic rings. The van der Waals surface area contributed by atoms with Crippen LogP contribution in [0.4, 0.5) is 13.2 Å². The van der Waals surface area contributed by atoms with E-state index in [0.717, 1.165) is 12.5 Å². The van der Waals surface area contributed by atoms with E-state index < -0.39 is 11.7 Å². The highest BCUT2D eigenvalue weighted by Gasteiger charge is 2.34. The van der Waals surface area contributed by atoms with E-state index in [1.165, 1.54) is 18.2 Å². The van der Waals surface area contributed by atoms with E-state index in [-0.39, 0.29) is 23.1 Å². The van der Waals surface area contributed by atoms with Crippen LogP contribution in [0.2, 0.25) is 0 Å². The first-order chi connectivity index (χ1) is 10.9. The fourth-order valence-electron chi connectivity index (χ4n) is 3.16. The molecule has 0 saturated carbocycles. The summed E-state index contributed by atoms with van der Waals surface area (Å²) in [5.74, 6) is 0.615. The van der Waals surface area contributed by atoms with E-state index in [0.29, 0.717) is 25.1 Å². The second kappa shape index (κ2) is 6.23. The van der Waals surface area contributed by atoms with Gasteiger partial charge in [0.2, 0.25) is 0 Å². The second-order valence-electron chi connectivity index (χ2n) is 5.85. The Balaban J connectivity index is 1.75. The first kappa shape index (κ1) is 15.9. The molecule has 1 saturated heterocycles. The highest BCUT2D eigenvalue weighted by molar-refractivity contribution is 5.30. The van der Waals surface area contributed by atoms with E-state index >= 15 is 0 Å². The molecule has 1 aromatic heterocycles. The van der Waals surface area contributed by atoms with Crippen LogP contribution in [0.15, 0.2) is 39.6 Å². The molecule has 4 nitrogen and oxygen atoms in total. The molecule has 2 N–H and O–H groups in total. The molecule has 3 rings (SSSR count). The molecular formula is C16H17F3N2O2. The Hall–Kier alpha value is -2.02. The number of nitrogens with one attached hydrogen (secondary N) is 2. The lowest BCUT2D eigenvalue weighted by Gasteiger charge is -2.29. The van der Waals surface area contributed by atoms with Crippen molar-refractivity contribution in [3.63, 3.8) is 0 Å². The van der Waals surface area contributed by atoms with Gasteiger partial charge in [0.15, 0.2) is 0 Å². The van der Waals surface area contributed by atoms with Gasteiger partial charge in [0.1, 0.15) is 5.76 Å². The summed E-state index contributed by atoms with van der Waals surface area (Å²) in [6.07, 6.45) is -2.63. The van der Waals surface area contributed by atoms with Gasteiger partial charge in [0.25, 0.3) is 5.56 Å². The van der Waals surface area contributed by atoms with Gasteiger partial charge in [-0.15, -0.1) is 0 Å². The molecular weight excluding hydrogens is 309 g/mol. The molecule has 1 fully saturated rings. The number of benzene rings is 1. The van der Waals surface area contributed by atoms with Crippen molar-refractivity contribution < 1.29 is 17.7 Å². The predicted molar refractivity (Wildman–Crippen MR) is 78.2 cm³/mol. The van der Waals surface area contributed by atoms with E-state index in [2.05, 4.69) is 10.5 Å². The average molecular weight is 326 g/mol. The van der Waals surface area contributed by atoms with E-state index in [9.17, 15) is 18.0 Å². The third-order valence-electron chi connectivity index (χ3n) is 4.23. The molecule has 2 heterocycles. The molecule has 0 spiro atoms. The quantitative estimate of drug-likeness (QED) is 0.911. The highest BCUT2D eigenvalue weighted by Crippen LogP contribution is 2.34. The fraction of sp³-hybridized carbons (Fsp3) is 0.438. The number of rotatable bonds is 3. The number of H-pyrrole nitrogens is 1. The van der Waals surface area contributed by atoms with Crippen molar-refractivity contribution >= 4 is 0 Å². The van der Waals surface area contributed by atoms with E-state index in [1.807, 2.05) is 0 Å². The van der Waals surface area contributed by atoms with Crippen LogP contribution in [-0.2, 0) is 12.6 Å². The van der Waals surface area contributed by atoms with Crippen LogP contribution in [0.1, 0.15) is 35.6 Å². The molecule has 1 aromatic carbocycles. The summed E-state index contributed by atoms with van der Waals surface area (Å²) in [5.41, 5.74) is -0.594. The summed E-state index contributed by atoms with van der Waals surface area (Å²) in [4.78, 5) is 11.2. The Morgan fingerprint density at radius 1 is 1.26 bits per heavy atom. The normalized spacial score (nSPS) is 22.2. The molecule has 0 unspecified atom stereocenters. The second-order valence-corrected chi connectivity index (χ2v) is 5.85. The monoisotopic (exact) mass is 326 g/mol. The van der Waals surface area contributed by atoms with Crippen molar-refractivity contribution in [3.8, 4) is 0 Å². The summed E-state index contributed by atoms with van der Waals surface area (Å²) in [5, 5.41) is 5.52. The van der Waals surface area contributed by atoms with Gasteiger partial charge in [-0.05, 0) is 37.4 Å². The van der Waals surface area contributed by atoms with Crippen molar-refractivity contribution in [1.82, 2.24) is 10.5 Å². The van der Waals surface area contributed by atoms with Crippen molar-refractivity contribution in [2.75, 3.05) is 6.54 Å². The van der Waals surface area contributed by atoms with Crippen LogP contribution in [0, 0.1) is 0 Å². The molecule has 2 atom stereocenters. The van der Waals surface area contributed by atoms with Crippen LogP contribution in [0.5, 0.6) is 0 Å². The average Bonchev–Trinajstić information content (AvgIpc) is 2.94. The number of halogens is 3. The molecule has 0 bridgehead atoms. The molecule has 23 heavy (non-hydrogen) atoms. The molecule has 1 aliphatic rings. The molecule has 0 aliphatic carbocycles. The summed E-state index contributed by atoms with van der Waals surface area (Å²) < 4.78 is 44.4. The first-order valence-corrected chi connectivity index (χ1v) is 7.50. The zero-order valence-corrected chi connectivity index (χ0v) is 12.3. The Morgan fingerprint density at radius 2 is 2.04 bits per heavy atom. The van der Waals surface area contributed by atoms with Crippen molar-refractivity contribution in [2.45, 2.75) is 37.4 Å². The van der Waals surface area contributed by atoms with Gasteiger partial charge in [-0.25, -0.2) is 0 Å². The van der Waals surface area contributed by atoms with Gasteiger partial charge < -0.3 is 9.84 Å². The molecule has 124 valence electrons. The fourth-order valence-corrected chi connectivity index (χ4v) is 3.16. The number of alkyl halides is 3. The Bertz CT molecular complexity index is 720. The standard InChI is InChI=1S/C16H17F3N2O2/c17-16(18,19)13-4-2-1-3-10(13)7-12-8-11(5-6-20-12)14-9-15(22)21-23-14/h1-4,9,11-12,20H,5-8H2,(H,21,22)/t11-,12-/m0/s1. The lowest BCUT2D eigenvalue weighted by atomic mass is 9.87. The first-order valence-electron chi connectivity index (χ1n) is 7.50. The van der Waals surface area contributed by atoms with Crippen LogP contribution >= 0.6 is 0 Å². The van der Waals surface area contributed by atoms with Gasteiger partial charge in [0.05, 0.1) is 5.56 Å². The summed E-state index contributed by atoms with van der Waals surface area (Å²) >= 11 is 0. The lowest BCUT2D eigenvalue weighted by molar-refractivity contribution is -0.138. The number of aromatic amines is 1. The maximum absolute atomic E-state index is 13.1. The molecule has 7 heteroatoms. The number of aromatic nitrogens is 1. The minimum absolute atomic E-state index is 0.0400. The van der Waals surface area contributed by atoms with Crippen molar-refractivity contribution in [3.05, 3.63) is 57.6 Å². The smallest absolute Gasteiger partial charge is 0.383 e. The summed E-state index contributed by atoms with van der Waals surface area (Å²) in [7, 11) is 0. The maximum atomic E-state index is 13.1. The Morgan fingerprint density at radius 3 is 2.74 bits per heavy atom. The third-order valence-corrected chi connectivity index (χ3v) is 4.23. The number of hydrogen-bond acceptors (Lipinski definition) is 3. The molecule has 0 radical (unpaired) electrons. The predicted octanol–water partition coefficient (Wildman–Crippen LogP) is 3.07. The summed E-state index contributed by atoms with van der Waals surface area (Å²) in [6.45, 7) is 0.679. The minimum atomic E-state index is -4.35. The topological polar surface area (TPSA) is 58.0 Å².